The molecule has 5 amide bonds. The molecular formula is C44H67N9O9. The molecule has 0 saturated heterocycles. The Morgan fingerprint density at radius 1 is 0.710 bits per heavy atom. The molecule has 0 bridgehead atoms. The first-order valence-corrected chi connectivity index (χ1v) is 21.3. The van der Waals surface area contributed by atoms with E-state index in [0.717, 1.165) is 5.56 Å². The summed E-state index contributed by atoms with van der Waals surface area (Å²) in [6, 6.07) is 3.52. The molecule has 18 heteroatoms. The number of imidazole rings is 2. The Labute approximate surface area is 364 Å². The molecule has 0 saturated carbocycles. The highest BCUT2D eigenvalue weighted by molar-refractivity contribution is 5.92. The minimum absolute atomic E-state index is 0.00667. The van der Waals surface area contributed by atoms with Crippen molar-refractivity contribution in [3.63, 3.8) is 0 Å². The monoisotopic (exact) mass is 866 g/mol. The van der Waals surface area contributed by atoms with Gasteiger partial charge in [-0.05, 0) is 56.9 Å². The van der Waals surface area contributed by atoms with Crippen LogP contribution >= 0.6 is 0 Å². The Morgan fingerprint density at radius 2 is 1.26 bits per heavy atom. The van der Waals surface area contributed by atoms with Gasteiger partial charge in [0, 0.05) is 49.0 Å². The predicted molar refractivity (Wildman–Crippen MR) is 231 cm³/mol. The molecule has 18 nitrogen and oxygen atoms in total. The first-order valence-electron chi connectivity index (χ1n) is 21.3. The molecule has 8 atom stereocenters. The molecule has 3 rings (SSSR count). The number of nitrogens with zero attached hydrogens (tertiary/aromatic N) is 2. The molecule has 0 unspecified atom stereocenters. The lowest BCUT2D eigenvalue weighted by atomic mass is 9.85. The summed E-state index contributed by atoms with van der Waals surface area (Å²) in [5.74, 6) is -5.22. The van der Waals surface area contributed by atoms with E-state index in [9.17, 15) is 39.0 Å². The number of carbonyl (C=O) groups excluding carboxylic acids is 5. The van der Waals surface area contributed by atoms with Gasteiger partial charge < -0.3 is 51.5 Å². The van der Waals surface area contributed by atoms with Crippen LogP contribution in [-0.4, -0.2) is 108 Å². The van der Waals surface area contributed by atoms with Gasteiger partial charge in [-0.25, -0.2) is 19.6 Å². The number of aromatic amines is 2. The van der Waals surface area contributed by atoms with E-state index in [2.05, 4.69) is 46.5 Å². The van der Waals surface area contributed by atoms with Crippen LogP contribution in [0.15, 0.2) is 55.4 Å². The predicted octanol–water partition coefficient (Wildman–Crippen LogP) is 3.19. The summed E-state index contributed by atoms with van der Waals surface area (Å²) in [6.45, 7) is 16.2. The largest absolute Gasteiger partial charge is 0.480 e. The van der Waals surface area contributed by atoms with Crippen molar-refractivity contribution in [2.24, 2.45) is 23.7 Å². The van der Waals surface area contributed by atoms with Crippen LogP contribution in [0.2, 0.25) is 0 Å². The fourth-order valence-corrected chi connectivity index (χ4v) is 6.86. The topological polar surface area (TPSA) is 270 Å². The van der Waals surface area contributed by atoms with E-state index in [-0.39, 0.29) is 43.4 Å². The van der Waals surface area contributed by atoms with Crippen LogP contribution < -0.4 is 26.6 Å². The van der Waals surface area contributed by atoms with E-state index in [4.69, 9.17) is 4.74 Å². The number of aliphatic carboxylic acids is 1. The standard InChI is InChI=1S/C44H67N9O9/c1-10-27(6)37(41(58)51-35(42(59)60)19-30-22-46-24-48-30)53-38(55)31(26(4)5)20-36(54)32(16-25(2)3)49-40(57)34(18-29-21-45-23-47-29)50-39(56)33(17-28-14-12-11-13-15-28)52-43(61)62-44(7,8)9/h11-15,21-27,31-37,54H,10,16-20H2,1-9H3,(H,45,47)(H,46,48)(H,49,57)(H,50,56)(H,51,58)(H,52,61)(H,53,55)(H,59,60)/t27-,31-,32-,33-,34-,35-,36-,37-/m0/s1. The number of aromatic nitrogens is 4. The zero-order valence-corrected chi connectivity index (χ0v) is 37.4. The second-order valence-electron chi connectivity index (χ2n) is 17.7. The molecule has 3 aromatic rings. The van der Waals surface area contributed by atoms with Crippen molar-refractivity contribution < 1.29 is 43.7 Å². The van der Waals surface area contributed by atoms with Crippen LogP contribution in [0.4, 0.5) is 4.79 Å². The molecule has 0 fully saturated rings. The van der Waals surface area contributed by atoms with Crippen LogP contribution in [0.5, 0.6) is 0 Å². The summed E-state index contributed by atoms with van der Waals surface area (Å²) >= 11 is 0. The number of rotatable bonds is 24. The lowest BCUT2D eigenvalue weighted by Crippen LogP contribution is -2.58. The Balaban J connectivity index is 1.83. The van der Waals surface area contributed by atoms with Crippen LogP contribution in [0.3, 0.4) is 0 Å². The third kappa shape index (κ3) is 16.9. The summed E-state index contributed by atoms with van der Waals surface area (Å²) in [6.07, 6.45) is 4.54. The summed E-state index contributed by atoms with van der Waals surface area (Å²) in [5.41, 5.74) is 0.974. The van der Waals surface area contributed by atoms with Gasteiger partial charge in [-0.2, -0.15) is 0 Å². The van der Waals surface area contributed by atoms with Crippen LogP contribution in [-0.2, 0) is 48.0 Å². The number of ether oxygens (including phenoxy) is 1. The smallest absolute Gasteiger partial charge is 0.408 e. The zero-order valence-electron chi connectivity index (χ0n) is 37.4. The van der Waals surface area contributed by atoms with Gasteiger partial charge in [0.25, 0.3) is 0 Å². The number of amides is 5. The molecular weight excluding hydrogens is 799 g/mol. The van der Waals surface area contributed by atoms with Gasteiger partial charge in [0.05, 0.1) is 24.8 Å². The lowest BCUT2D eigenvalue weighted by Gasteiger charge is -2.32. The molecule has 342 valence electrons. The van der Waals surface area contributed by atoms with Gasteiger partial charge in [0.15, 0.2) is 0 Å². The van der Waals surface area contributed by atoms with E-state index in [1.807, 2.05) is 65.0 Å². The molecule has 0 aliphatic heterocycles. The molecule has 62 heavy (non-hydrogen) atoms. The Morgan fingerprint density at radius 3 is 1.76 bits per heavy atom. The first-order chi connectivity index (χ1) is 29.2. The maximum atomic E-state index is 14.3. The fourth-order valence-electron chi connectivity index (χ4n) is 6.86. The average Bonchev–Trinajstić information content (AvgIpc) is 3.91. The van der Waals surface area contributed by atoms with E-state index < -0.39 is 83.5 Å². The highest BCUT2D eigenvalue weighted by atomic mass is 16.6. The number of aliphatic hydroxyl groups excluding tert-OH is 1. The minimum Gasteiger partial charge on any atom is -0.480 e. The number of hydrogen-bond donors (Lipinski definition) is 9. The molecule has 0 radical (unpaired) electrons. The van der Waals surface area contributed by atoms with Crippen molar-refractivity contribution in [1.82, 2.24) is 46.5 Å². The SMILES string of the molecule is CC[C@H](C)[C@H](NC(=O)[C@@H](C[C@H](O)[C@H](CC(C)C)NC(=O)[C@H](Cc1cnc[nH]1)NC(=O)[C@H](Cc1ccccc1)NC(=O)OC(C)(C)C)C(C)C)C(=O)N[C@@H](Cc1cnc[nH]1)C(=O)O. The van der Waals surface area contributed by atoms with Gasteiger partial charge in [0.1, 0.15) is 29.8 Å². The van der Waals surface area contributed by atoms with E-state index in [1.54, 1.807) is 27.7 Å². The lowest BCUT2D eigenvalue weighted by molar-refractivity contribution is -0.142. The molecule has 9 N–H and O–H groups in total. The fraction of sp³-hybridized carbons (Fsp3) is 0.591. The van der Waals surface area contributed by atoms with Crippen molar-refractivity contribution in [1.29, 1.82) is 0 Å². The number of carboxylic acids is 1. The zero-order chi connectivity index (χ0) is 46.1. The van der Waals surface area contributed by atoms with Crippen molar-refractivity contribution in [2.75, 3.05) is 0 Å². The first kappa shape index (κ1) is 50.6. The van der Waals surface area contributed by atoms with Crippen molar-refractivity contribution in [3.05, 3.63) is 72.3 Å². The summed E-state index contributed by atoms with van der Waals surface area (Å²) < 4.78 is 5.44. The second kappa shape index (κ2) is 24.0. The number of carbonyl (C=O) groups is 6. The van der Waals surface area contributed by atoms with E-state index in [1.165, 1.54) is 25.0 Å². The highest BCUT2D eigenvalue weighted by Crippen LogP contribution is 2.23. The van der Waals surface area contributed by atoms with Crippen molar-refractivity contribution in [3.8, 4) is 0 Å². The average molecular weight is 866 g/mol. The quantitative estimate of drug-likeness (QED) is 0.0631. The van der Waals surface area contributed by atoms with Crippen LogP contribution in [0, 0.1) is 23.7 Å². The molecule has 0 aliphatic carbocycles. The molecule has 0 spiro atoms. The summed E-state index contributed by atoms with van der Waals surface area (Å²) in [4.78, 5) is 94.6. The Kier molecular flexibility index (Phi) is 19.6. The van der Waals surface area contributed by atoms with Gasteiger partial charge in [-0.1, -0.05) is 78.3 Å². The Hall–Kier alpha value is -5.78. The molecule has 1 aromatic carbocycles. The van der Waals surface area contributed by atoms with Crippen LogP contribution in [0.25, 0.3) is 0 Å². The Bertz CT molecular complexity index is 1860. The van der Waals surface area contributed by atoms with Gasteiger partial charge in [0.2, 0.25) is 23.6 Å². The normalized spacial score (nSPS) is 15.5. The number of H-pyrrole nitrogens is 2. The number of hydrogen-bond acceptors (Lipinski definition) is 10. The number of alkyl carbamates (subject to hydrolysis) is 1. The number of aliphatic hydroxyl groups is 1. The third-order valence-corrected chi connectivity index (χ3v) is 10.4. The van der Waals surface area contributed by atoms with Gasteiger partial charge in [-0.3, -0.25) is 19.2 Å². The minimum atomic E-state index is -1.28. The summed E-state index contributed by atoms with van der Waals surface area (Å²) in [7, 11) is 0. The summed E-state index contributed by atoms with van der Waals surface area (Å²) in [5, 5.41) is 35.5. The van der Waals surface area contributed by atoms with Crippen molar-refractivity contribution >= 4 is 35.7 Å². The van der Waals surface area contributed by atoms with Gasteiger partial charge in [-0.15, -0.1) is 0 Å². The molecule has 2 heterocycles. The second-order valence-corrected chi connectivity index (χ2v) is 17.7. The van der Waals surface area contributed by atoms with E-state index in [0.29, 0.717) is 24.2 Å². The molecule has 0 aliphatic rings. The molecule has 2 aromatic heterocycles. The van der Waals surface area contributed by atoms with E-state index >= 15 is 0 Å². The number of carboxylic acid groups (broad SMARTS) is 1. The number of nitrogens with one attached hydrogen (secondary N) is 7. The number of benzene rings is 1. The third-order valence-electron chi connectivity index (χ3n) is 10.4. The maximum absolute atomic E-state index is 14.3. The van der Waals surface area contributed by atoms with Crippen molar-refractivity contribution in [2.45, 2.75) is 143 Å². The highest BCUT2D eigenvalue weighted by Gasteiger charge is 2.37. The van der Waals surface area contributed by atoms with Gasteiger partial charge >= 0.3 is 12.1 Å². The maximum Gasteiger partial charge on any atom is 0.408 e. The van der Waals surface area contributed by atoms with Crippen LogP contribution in [0.1, 0.15) is 98.5 Å².